The fraction of sp³-hybridized carbons (Fsp3) is 0.286. The molecule has 1 saturated carbocycles. The summed E-state index contributed by atoms with van der Waals surface area (Å²) in [6.07, 6.45) is 3.91. The lowest BCUT2D eigenvalue weighted by atomic mass is 10.3. The molecule has 0 aliphatic heterocycles. The number of carbonyl (C=O) groups excluding carboxylic acids is 1. The number of aromatic nitrogens is 4. The zero-order chi connectivity index (χ0) is 14.2. The van der Waals surface area contributed by atoms with Crippen molar-refractivity contribution in [2.24, 2.45) is 0 Å². The number of nitrogens with one attached hydrogen (secondary N) is 2. The lowest BCUT2D eigenvalue weighted by Crippen LogP contribution is -2.23. The summed E-state index contributed by atoms with van der Waals surface area (Å²) >= 11 is 0. The molecule has 0 aromatic carbocycles. The number of fused-ring (bicyclic) bond motifs is 1. The number of amides is 1. The minimum absolute atomic E-state index is 0.265. The molecular weight excluding hydrogens is 270 g/mol. The Hall–Kier alpha value is -2.70. The van der Waals surface area contributed by atoms with Crippen LogP contribution in [0.2, 0.25) is 0 Å². The van der Waals surface area contributed by atoms with E-state index in [0.29, 0.717) is 29.6 Å². The van der Waals surface area contributed by atoms with Gasteiger partial charge >= 0.3 is 0 Å². The molecule has 3 aromatic rings. The predicted octanol–water partition coefficient (Wildman–Crippen LogP) is 1.75. The topological polar surface area (TPSA) is 96.7 Å². The van der Waals surface area contributed by atoms with Gasteiger partial charge in [-0.3, -0.25) is 4.79 Å². The van der Waals surface area contributed by atoms with Gasteiger partial charge in [-0.05, 0) is 25.0 Å². The third-order valence-corrected chi connectivity index (χ3v) is 3.46. The highest BCUT2D eigenvalue weighted by Crippen LogP contribution is 2.40. The van der Waals surface area contributed by atoms with E-state index < -0.39 is 0 Å². The van der Waals surface area contributed by atoms with Crippen molar-refractivity contribution in [3.8, 4) is 0 Å². The van der Waals surface area contributed by atoms with Crippen molar-refractivity contribution in [1.82, 2.24) is 25.4 Å². The van der Waals surface area contributed by atoms with E-state index in [9.17, 15) is 4.79 Å². The molecule has 1 fully saturated rings. The highest BCUT2D eigenvalue weighted by Gasteiger charge is 2.28. The van der Waals surface area contributed by atoms with Gasteiger partial charge in [-0.2, -0.15) is 0 Å². The van der Waals surface area contributed by atoms with Crippen LogP contribution in [-0.4, -0.2) is 26.0 Å². The van der Waals surface area contributed by atoms with E-state index in [1.807, 2.05) is 12.1 Å². The standard InChI is InChI=1S/C14H13N5O2/c20-14(10-6-11(21-19-10)8-3-4-8)16-7-12-17-9-2-1-5-15-13(9)18-12/h1-2,5-6,8H,3-4,7H2,(H,16,20)(H,15,17,18). The maximum Gasteiger partial charge on any atom is 0.273 e. The molecule has 0 atom stereocenters. The van der Waals surface area contributed by atoms with Gasteiger partial charge in [0, 0.05) is 18.2 Å². The third-order valence-electron chi connectivity index (χ3n) is 3.46. The number of hydrogen-bond donors (Lipinski definition) is 2. The minimum Gasteiger partial charge on any atom is -0.360 e. The molecule has 106 valence electrons. The van der Waals surface area contributed by atoms with Gasteiger partial charge in [-0.15, -0.1) is 0 Å². The zero-order valence-electron chi connectivity index (χ0n) is 11.2. The molecule has 1 amide bonds. The summed E-state index contributed by atoms with van der Waals surface area (Å²) in [6.45, 7) is 0.292. The fourth-order valence-corrected chi connectivity index (χ4v) is 2.19. The van der Waals surface area contributed by atoms with Crippen LogP contribution in [-0.2, 0) is 6.54 Å². The molecule has 4 rings (SSSR count). The van der Waals surface area contributed by atoms with E-state index >= 15 is 0 Å². The van der Waals surface area contributed by atoms with E-state index in [-0.39, 0.29) is 5.91 Å². The van der Waals surface area contributed by atoms with Crippen LogP contribution < -0.4 is 5.32 Å². The van der Waals surface area contributed by atoms with Gasteiger partial charge in [0.15, 0.2) is 11.3 Å². The fourth-order valence-electron chi connectivity index (χ4n) is 2.19. The van der Waals surface area contributed by atoms with Crippen molar-refractivity contribution in [2.45, 2.75) is 25.3 Å². The van der Waals surface area contributed by atoms with Gasteiger partial charge in [0.05, 0.1) is 12.1 Å². The average Bonchev–Trinajstić information content (AvgIpc) is 3.09. The predicted molar refractivity (Wildman–Crippen MR) is 73.5 cm³/mol. The summed E-state index contributed by atoms with van der Waals surface area (Å²) in [4.78, 5) is 23.5. The van der Waals surface area contributed by atoms with Gasteiger partial charge in [0.25, 0.3) is 5.91 Å². The maximum atomic E-state index is 12.0. The molecule has 0 saturated heterocycles. The Bertz CT molecular complexity index is 769. The van der Waals surface area contributed by atoms with Gasteiger partial charge in [-0.1, -0.05) is 5.16 Å². The monoisotopic (exact) mass is 283 g/mol. The molecular formula is C14H13N5O2. The molecule has 0 bridgehead atoms. The normalized spacial score (nSPS) is 14.5. The van der Waals surface area contributed by atoms with Gasteiger partial charge < -0.3 is 14.8 Å². The number of hydrogen-bond acceptors (Lipinski definition) is 5. The summed E-state index contributed by atoms with van der Waals surface area (Å²) in [5.74, 6) is 1.63. The van der Waals surface area contributed by atoms with Crippen molar-refractivity contribution in [3.63, 3.8) is 0 Å². The van der Waals surface area contributed by atoms with Crippen LogP contribution in [0.1, 0.15) is 40.8 Å². The van der Waals surface area contributed by atoms with Crippen LogP contribution >= 0.6 is 0 Å². The largest absolute Gasteiger partial charge is 0.360 e. The average molecular weight is 283 g/mol. The van der Waals surface area contributed by atoms with Crippen molar-refractivity contribution in [3.05, 3.63) is 41.7 Å². The smallest absolute Gasteiger partial charge is 0.273 e. The van der Waals surface area contributed by atoms with Crippen LogP contribution in [0, 0.1) is 0 Å². The van der Waals surface area contributed by atoms with Gasteiger partial charge in [0.2, 0.25) is 0 Å². The Morgan fingerprint density at radius 2 is 2.38 bits per heavy atom. The lowest BCUT2D eigenvalue weighted by molar-refractivity contribution is 0.0941. The molecule has 3 heterocycles. The highest BCUT2D eigenvalue weighted by molar-refractivity contribution is 5.92. The number of aromatic amines is 1. The molecule has 0 unspecified atom stereocenters. The third kappa shape index (κ3) is 2.37. The molecule has 0 radical (unpaired) electrons. The van der Waals surface area contributed by atoms with Gasteiger partial charge in [0.1, 0.15) is 11.6 Å². The van der Waals surface area contributed by atoms with E-state index in [1.54, 1.807) is 12.3 Å². The summed E-state index contributed by atoms with van der Waals surface area (Å²) in [7, 11) is 0. The van der Waals surface area contributed by atoms with Crippen molar-refractivity contribution in [1.29, 1.82) is 0 Å². The van der Waals surface area contributed by atoms with Gasteiger partial charge in [-0.25, -0.2) is 9.97 Å². The SMILES string of the molecule is O=C(NCc1nc2ncccc2[nH]1)c1cc(C2CC2)on1. The van der Waals surface area contributed by atoms with Crippen molar-refractivity contribution >= 4 is 17.1 Å². The number of carbonyl (C=O) groups is 1. The summed E-state index contributed by atoms with van der Waals surface area (Å²) < 4.78 is 5.17. The summed E-state index contributed by atoms with van der Waals surface area (Å²) in [6, 6.07) is 5.44. The quantitative estimate of drug-likeness (QED) is 0.760. The molecule has 2 N–H and O–H groups in total. The van der Waals surface area contributed by atoms with Crippen LogP contribution in [0.5, 0.6) is 0 Å². The lowest BCUT2D eigenvalue weighted by Gasteiger charge is -1.98. The Balaban J connectivity index is 1.44. The molecule has 3 aromatic heterocycles. The molecule has 7 heteroatoms. The second-order valence-corrected chi connectivity index (χ2v) is 5.13. The Morgan fingerprint density at radius 1 is 1.48 bits per heavy atom. The van der Waals surface area contributed by atoms with Crippen LogP contribution in [0.4, 0.5) is 0 Å². The number of rotatable bonds is 4. The zero-order valence-corrected chi connectivity index (χ0v) is 11.2. The molecule has 1 aliphatic rings. The second-order valence-electron chi connectivity index (χ2n) is 5.13. The first-order valence-corrected chi connectivity index (χ1v) is 6.84. The number of imidazole rings is 1. The first-order valence-electron chi connectivity index (χ1n) is 6.84. The molecule has 21 heavy (non-hydrogen) atoms. The van der Waals surface area contributed by atoms with Crippen LogP contribution in [0.25, 0.3) is 11.2 Å². The second kappa shape index (κ2) is 4.69. The Morgan fingerprint density at radius 3 is 3.19 bits per heavy atom. The minimum atomic E-state index is -0.265. The summed E-state index contributed by atoms with van der Waals surface area (Å²) in [5, 5.41) is 6.57. The molecule has 1 aliphatic carbocycles. The van der Waals surface area contributed by atoms with Crippen molar-refractivity contribution in [2.75, 3.05) is 0 Å². The van der Waals surface area contributed by atoms with E-state index in [1.165, 1.54) is 0 Å². The van der Waals surface area contributed by atoms with Crippen LogP contribution in [0.3, 0.4) is 0 Å². The number of pyridine rings is 1. The highest BCUT2D eigenvalue weighted by atomic mass is 16.5. The van der Waals surface area contributed by atoms with E-state index in [4.69, 9.17) is 4.52 Å². The number of H-pyrrole nitrogens is 1. The summed E-state index contributed by atoms with van der Waals surface area (Å²) in [5.41, 5.74) is 1.80. The molecule has 7 nitrogen and oxygen atoms in total. The number of nitrogens with zero attached hydrogens (tertiary/aromatic N) is 3. The first kappa shape index (κ1) is 12.1. The maximum absolute atomic E-state index is 12.0. The first-order chi connectivity index (χ1) is 10.3. The van der Waals surface area contributed by atoms with Crippen LogP contribution in [0.15, 0.2) is 28.9 Å². The van der Waals surface area contributed by atoms with Crippen molar-refractivity contribution < 1.29 is 9.32 Å². The van der Waals surface area contributed by atoms with E-state index in [2.05, 4.69) is 25.4 Å². The Kier molecular flexibility index (Phi) is 2.70. The molecule has 0 spiro atoms. The Labute approximate surface area is 119 Å². The van der Waals surface area contributed by atoms with E-state index in [0.717, 1.165) is 24.1 Å².